The van der Waals surface area contributed by atoms with Gasteiger partial charge in [-0.2, -0.15) is 0 Å². The number of rotatable bonds is 4. The summed E-state index contributed by atoms with van der Waals surface area (Å²) in [7, 11) is 0. The molecule has 2 unspecified atom stereocenters. The number of aromatic nitrogens is 1. The highest BCUT2D eigenvalue weighted by atomic mass is 32.2. The van der Waals surface area contributed by atoms with Gasteiger partial charge in [0.25, 0.3) is 0 Å². The highest BCUT2D eigenvalue weighted by molar-refractivity contribution is 8.00. The molecule has 0 radical (unpaired) electrons. The number of carboxylic acids is 1. The molecule has 0 aliphatic carbocycles. The number of hydrogen-bond acceptors (Lipinski definition) is 5. The number of nitrogens with one attached hydrogen (secondary N) is 1. The Morgan fingerprint density at radius 3 is 2.90 bits per heavy atom. The first-order valence-corrected chi connectivity index (χ1v) is 8.25. The van der Waals surface area contributed by atoms with Crippen molar-refractivity contribution in [2.45, 2.75) is 38.1 Å². The van der Waals surface area contributed by atoms with Crippen LogP contribution in [0.4, 0.5) is 9.93 Å². The summed E-state index contributed by atoms with van der Waals surface area (Å²) in [4.78, 5) is 30.1. The number of thiazole rings is 1. The lowest BCUT2D eigenvalue weighted by Crippen LogP contribution is -2.47. The van der Waals surface area contributed by atoms with E-state index in [1.165, 1.54) is 28.0 Å². The third kappa shape index (κ3) is 3.24. The molecule has 1 fully saturated rings. The van der Waals surface area contributed by atoms with Gasteiger partial charge in [0.1, 0.15) is 6.04 Å². The Kier molecular flexibility index (Phi) is 4.87. The first-order chi connectivity index (χ1) is 9.52. The molecule has 2 heterocycles. The van der Waals surface area contributed by atoms with Crippen molar-refractivity contribution in [3.05, 3.63) is 11.1 Å². The van der Waals surface area contributed by atoms with Gasteiger partial charge >= 0.3 is 12.0 Å². The molecule has 1 aliphatic heterocycles. The number of aryl methyl sites for hydroxylation is 1. The summed E-state index contributed by atoms with van der Waals surface area (Å²) in [5.74, 6) is -0.522. The summed E-state index contributed by atoms with van der Waals surface area (Å²) in [6, 6.07) is -1.15. The van der Waals surface area contributed by atoms with Crippen LogP contribution < -0.4 is 5.32 Å². The molecule has 1 aliphatic rings. The largest absolute Gasteiger partial charge is 0.480 e. The van der Waals surface area contributed by atoms with Crippen molar-refractivity contribution in [3.63, 3.8) is 0 Å². The van der Waals surface area contributed by atoms with Crippen molar-refractivity contribution < 1.29 is 14.7 Å². The van der Waals surface area contributed by atoms with Gasteiger partial charge in [0, 0.05) is 16.8 Å². The number of anilines is 1. The third-order valence-electron chi connectivity index (χ3n) is 2.98. The van der Waals surface area contributed by atoms with Crippen molar-refractivity contribution in [2.75, 3.05) is 11.1 Å². The van der Waals surface area contributed by atoms with Crippen molar-refractivity contribution in [1.29, 1.82) is 0 Å². The van der Waals surface area contributed by atoms with Crippen LogP contribution in [0.2, 0.25) is 0 Å². The minimum atomic E-state index is -0.957. The zero-order chi connectivity index (χ0) is 14.7. The minimum absolute atomic E-state index is 0.0813. The lowest BCUT2D eigenvalue weighted by Gasteiger charge is -2.26. The van der Waals surface area contributed by atoms with Crippen LogP contribution in [0.1, 0.15) is 24.6 Å². The first kappa shape index (κ1) is 15.1. The van der Waals surface area contributed by atoms with E-state index in [2.05, 4.69) is 10.3 Å². The fraction of sp³-hybridized carbons (Fsp3) is 0.583. The predicted octanol–water partition coefficient (Wildman–Crippen LogP) is 2.61. The van der Waals surface area contributed by atoms with Crippen molar-refractivity contribution in [2.24, 2.45) is 0 Å². The molecule has 1 aromatic heterocycles. The van der Waals surface area contributed by atoms with Gasteiger partial charge in [-0.05, 0) is 13.3 Å². The van der Waals surface area contributed by atoms with Gasteiger partial charge in [0.15, 0.2) is 5.13 Å². The summed E-state index contributed by atoms with van der Waals surface area (Å²) in [5, 5.41) is 12.4. The monoisotopic (exact) mass is 315 g/mol. The lowest BCUT2D eigenvalue weighted by atomic mass is 10.2. The topological polar surface area (TPSA) is 82.5 Å². The standard InChI is InChI=1S/C12H17N3O3S2/c1-3-4-9-15(8(6-19-9)10(16)17)12(18)14-11-13-5-7(2)20-11/h5,8-9H,3-4,6H2,1-2H3,(H,16,17)(H,13,14,18). The highest BCUT2D eigenvalue weighted by Crippen LogP contribution is 2.33. The molecule has 8 heteroatoms. The van der Waals surface area contributed by atoms with Gasteiger partial charge in [0.05, 0.1) is 5.37 Å². The summed E-state index contributed by atoms with van der Waals surface area (Å²) in [5.41, 5.74) is 0. The molecule has 6 nitrogen and oxygen atoms in total. The lowest BCUT2D eigenvalue weighted by molar-refractivity contribution is -0.141. The van der Waals surface area contributed by atoms with Gasteiger partial charge in [-0.3, -0.25) is 10.2 Å². The van der Waals surface area contributed by atoms with E-state index in [0.717, 1.165) is 17.7 Å². The molecule has 0 aromatic carbocycles. The highest BCUT2D eigenvalue weighted by Gasteiger charge is 2.41. The average Bonchev–Trinajstić information content (AvgIpc) is 2.96. The SMILES string of the molecule is CCCC1SCC(C(=O)O)N1C(=O)Nc1ncc(C)s1. The maximum absolute atomic E-state index is 12.3. The fourth-order valence-electron chi connectivity index (χ4n) is 2.06. The van der Waals surface area contributed by atoms with E-state index >= 15 is 0 Å². The number of nitrogens with zero attached hydrogens (tertiary/aromatic N) is 2. The Morgan fingerprint density at radius 2 is 2.35 bits per heavy atom. The van der Waals surface area contributed by atoms with Crippen molar-refractivity contribution in [3.8, 4) is 0 Å². The summed E-state index contributed by atoms with van der Waals surface area (Å²) >= 11 is 2.90. The summed E-state index contributed by atoms with van der Waals surface area (Å²) < 4.78 is 0. The fourth-order valence-corrected chi connectivity index (χ4v) is 4.23. The molecule has 2 amide bonds. The average molecular weight is 315 g/mol. The third-order valence-corrected chi connectivity index (χ3v) is 5.17. The first-order valence-electron chi connectivity index (χ1n) is 6.39. The van der Waals surface area contributed by atoms with Crippen LogP contribution in [0.25, 0.3) is 0 Å². The van der Waals surface area contributed by atoms with E-state index in [1.54, 1.807) is 6.20 Å². The zero-order valence-corrected chi connectivity index (χ0v) is 13.0. The van der Waals surface area contributed by atoms with Crippen molar-refractivity contribution in [1.82, 2.24) is 9.88 Å². The van der Waals surface area contributed by atoms with Gasteiger partial charge in [0.2, 0.25) is 0 Å². The second-order valence-electron chi connectivity index (χ2n) is 4.54. The van der Waals surface area contributed by atoms with E-state index in [0.29, 0.717) is 10.9 Å². The second kappa shape index (κ2) is 6.45. The van der Waals surface area contributed by atoms with Crippen LogP contribution in [0.15, 0.2) is 6.20 Å². The number of aliphatic carboxylic acids is 1. The van der Waals surface area contributed by atoms with Crippen LogP contribution in [-0.2, 0) is 4.79 Å². The zero-order valence-electron chi connectivity index (χ0n) is 11.3. The van der Waals surface area contributed by atoms with Crippen LogP contribution in [0, 0.1) is 6.92 Å². The van der Waals surface area contributed by atoms with Crippen LogP contribution in [-0.4, -0.2) is 44.2 Å². The van der Waals surface area contributed by atoms with E-state index in [-0.39, 0.29) is 11.4 Å². The molecule has 1 saturated heterocycles. The number of carboxylic acid groups (broad SMARTS) is 1. The Labute approximate surface area is 125 Å². The second-order valence-corrected chi connectivity index (χ2v) is 6.99. The molecule has 110 valence electrons. The Hall–Kier alpha value is -1.28. The van der Waals surface area contributed by atoms with E-state index < -0.39 is 12.0 Å². The Morgan fingerprint density at radius 1 is 1.60 bits per heavy atom. The summed E-state index contributed by atoms with van der Waals surface area (Å²) in [6.45, 7) is 3.92. The molecule has 0 spiro atoms. The number of hydrogen-bond donors (Lipinski definition) is 2. The number of amides is 2. The predicted molar refractivity (Wildman–Crippen MR) is 80.3 cm³/mol. The van der Waals surface area contributed by atoms with Gasteiger partial charge in [-0.15, -0.1) is 23.1 Å². The smallest absolute Gasteiger partial charge is 0.327 e. The number of urea groups is 1. The van der Waals surface area contributed by atoms with E-state index in [9.17, 15) is 14.7 Å². The molecule has 1 aromatic rings. The Bertz CT molecular complexity index is 506. The van der Waals surface area contributed by atoms with Crippen LogP contribution in [0.3, 0.4) is 0 Å². The van der Waals surface area contributed by atoms with Gasteiger partial charge in [-0.25, -0.2) is 14.6 Å². The molecule has 2 N–H and O–H groups in total. The molecule has 2 atom stereocenters. The number of carbonyl (C=O) groups excluding carboxylic acids is 1. The molecular formula is C12H17N3O3S2. The molecule has 20 heavy (non-hydrogen) atoms. The number of thioether (sulfide) groups is 1. The molecule has 0 saturated carbocycles. The molecule has 0 bridgehead atoms. The van der Waals surface area contributed by atoms with Gasteiger partial charge in [-0.1, -0.05) is 13.3 Å². The minimum Gasteiger partial charge on any atom is -0.480 e. The maximum atomic E-state index is 12.3. The summed E-state index contributed by atoms with van der Waals surface area (Å²) in [6.07, 6.45) is 3.38. The molecular weight excluding hydrogens is 298 g/mol. The molecule has 2 rings (SSSR count). The van der Waals surface area contributed by atoms with Crippen LogP contribution >= 0.6 is 23.1 Å². The van der Waals surface area contributed by atoms with E-state index in [1.807, 2.05) is 13.8 Å². The number of carbonyl (C=O) groups is 2. The van der Waals surface area contributed by atoms with Gasteiger partial charge < -0.3 is 5.11 Å². The van der Waals surface area contributed by atoms with E-state index in [4.69, 9.17) is 0 Å². The van der Waals surface area contributed by atoms with Crippen molar-refractivity contribution >= 4 is 40.2 Å². The van der Waals surface area contributed by atoms with Crippen LogP contribution in [0.5, 0.6) is 0 Å². The normalized spacial score (nSPS) is 22.0. The Balaban J connectivity index is 2.12. The quantitative estimate of drug-likeness (QED) is 0.892. The maximum Gasteiger partial charge on any atom is 0.327 e.